The predicted octanol–water partition coefficient (Wildman–Crippen LogP) is -0.773. The highest BCUT2D eigenvalue weighted by Crippen LogP contribution is 2.04. The van der Waals surface area contributed by atoms with Crippen LogP contribution in [0.3, 0.4) is 0 Å². The van der Waals surface area contributed by atoms with Crippen LogP contribution in [0.4, 0.5) is 0 Å². The van der Waals surface area contributed by atoms with Crippen molar-refractivity contribution in [2.24, 2.45) is 0 Å². The molecule has 2 rings (SSSR count). The second-order valence-electron chi connectivity index (χ2n) is 1.95. The molecule has 0 radical (unpaired) electrons. The summed E-state index contributed by atoms with van der Waals surface area (Å²) < 4.78 is 0. The quantitative estimate of drug-likeness (QED) is 0.396. The third-order valence-electron chi connectivity index (χ3n) is 1.35. The minimum atomic E-state index is 0.909. The molecule has 2 aliphatic heterocycles. The van der Waals surface area contributed by atoms with E-state index in [0.717, 1.165) is 12.4 Å². The molecule has 4 heteroatoms. The van der Waals surface area contributed by atoms with Crippen molar-refractivity contribution < 1.29 is 0 Å². The van der Waals surface area contributed by atoms with Crippen LogP contribution in [-0.2, 0) is 0 Å². The van der Waals surface area contributed by atoms with Crippen LogP contribution >= 0.6 is 0 Å². The molecule has 0 aromatic carbocycles. The molecule has 1 fully saturated rings. The maximum Gasteiger partial charge on any atom is 0.133 e. The van der Waals surface area contributed by atoms with E-state index in [-0.39, 0.29) is 0 Å². The molecule has 48 valence electrons. The van der Waals surface area contributed by atoms with Gasteiger partial charge in [-0.25, -0.2) is 0 Å². The predicted molar refractivity (Wildman–Crippen MR) is 33.3 cm³/mol. The van der Waals surface area contributed by atoms with Gasteiger partial charge in [0.25, 0.3) is 0 Å². The number of allylic oxidation sites excluding steroid dienone is 2. The van der Waals surface area contributed by atoms with Gasteiger partial charge >= 0.3 is 0 Å². The number of hydrogen-bond donors (Lipinski definition) is 3. The molecule has 0 saturated carbocycles. The number of hydrogen-bond acceptors (Lipinski definition) is 4. The third kappa shape index (κ3) is 0.684. The first-order valence-corrected chi connectivity index (χ1v) is 2.88. The van der Waals surface area contributed by atoms with Crippen molar-refractivity contribution in [1.82, 2.24) is 21.5 Å². The Labute approximate surface area is 53.1 Å². The molecular weight excluding hydrogens is 116 g/mol. The second-order valence-corrected chi connectivity index (χ2v) is 1.95. The second kappa shape index (κ2) is 1.75. The largest absolute Gasteiger partial charge is 0.291 e. The van der Waals surface area contributed by atoms with Gasteiger partial charge in [0.1, 0.15) is 5.82 Å². The average Bonchev–Trinajstić information content (AvgIpc) is 2.33. The van der Waals surface area contributed by atoms with Crippen LogP contribution in [0.2, 0.25) is 0 Å². The smallest absolute Gasteiger partial charge is 0.133 e. The lowest BCUT2D eigenvalue weighted by Gasteiger charge is -2.16. The van der Waals surface area contributed by atoms with E-state index in [4.69, 9.17) is 0 Å². The van der Waals surface area contributed by atoms with Crippen molar-refractivity contribution in [3.8, 4) is 0 Å². The lowest BCUT2D eigenvalue weighted by molar-refractivity contribution is 0.292. The van der Waals surface area contributed by atoms with Crippen molar-refractivity contribution in [2.75, 3.05) is 6.54 Å². The molecule has 0 bridgehead atoms. The van der Waals surface area contributed by atoms with E-state index in [1.54, 1.807) is 0 Å². The maximum absolute atomic E-state index is 2.93. The molecule has 0 unspecified atom stereocenters. The summed E-state index contributed by atoms with van der Waals surface area (Å²) in [4.78, 5) is 0. The maximum atomic E-state index is 2.93. The van der Waals surface area contributed by atoms with Gasteiger partial charge in [0, 0.05) is 0 Å². The molecule has 2 aliphatic rings. The van der Waals surface area contributed by atoms with Crippen molar-refractivity contribution in [3.63, 3.8) is 0 Å². The summed E-state index contributed by atoms with van der Waals surface area (Å²) in [6.07, 6.45) is 6.09. The zero-order chi connectivity index (χ0) is 6.10. The number of rotatable bonds is 0. The van der Waals surface area contributed by atoms with Crippen LogP contribution in [0, 0.1) is 0 Å². The molecule has 0 aliphatic carbocycles. The van der Waals surface area contributed by atoms with Crippen LogP contribution < -0.4 is 16.5 Å². The van der Waals surface area contributed by atoms with E-state index >= 15 is 0 Å². The summed E-state index contributed by atoms with van der Waals surface area (Å²) in [5, 5.41) is 1.97. The zero-order valence-electron chi connectivity index (χ0n) is 4.89. The number of nitrogens with one attached hydrogen (secondary N) is 3. The number of fused-ring (bicyclic) bond motifs is 1. The van der Waals surface area contributed by atoms with Crippen LogP contribution in [-0.4, -0.2) is 11.6 Å². The highest BCUT2D eigenvalue weighted by atomic mass is 15.9. The Morgan fingerprint density at radius 1 is 1.56 bits per heavy atom. The van der Waals surface area contributed by atoms with E-state index in [9.17, 15) is 0 Å². The van der Waals surface area contributed by atoms with Gasteiger partial charge in [0.15, 0.2) is 0 Å². The Bertz CT molecular complexity index is 172. The molecule has 1 saturated heterocycles. The van der Waals surface area contributed by atoms with Crippen LogP contribution in [0.25, 0.3) is 0 Å². The lowest BCUT2D eigenvalue weighted by Crippen LogP contribution is -2.37. The Hall–Kier alpha value is -1.00. The number of nitrogens with zero attached hydrogens (tertiary/aromatic N) is 1. The van der Waals surface area contributed by atoms with E-state index < -0.39 is 0 Å². The van der Waals surface area contributed by atoms with E-state index in [1.807, 2.05) is 17.2 Å². The van der Waals surface area contributed by atoms with Gasteiger partial charge in [-0.3, -0.25) is 10.4 Å². The first kappa shape index (κ1) is 4.84. The average molecular weight is 124 g/mol. The van der Waals surface area contributed by atoms with Crippen LogP contribution in [0.1, 0.15) is 0 Å². The molecule has 9 heavy (non-hydrogen) atoms. The summed E-state index contributed by atoms with van der Waals surface area (Å²) in [7, 11) is 0. The molecule has 0 spiro atoms. The van der Waals surface area contributed by atoms with Gasteiger partial charge in [-0.05, 0) is 6.08 Å². The van der Waals surface area contributed by atoms with E-state index in [2.05, 4.69) is 22.6 Å². The molecular formula is C5H8N4. The summed E-state index contributed by atoms with van der Waals surface area (Å²) in [6.45, 7) is 0.909. The van der Waals surface area contributed by atoms with Crippen molar-refractivity contribution in [1.29, 1.82) is 0 Å². The molecule has 0 amide bonds. The van der Waals surface area contributed by atoms with Crippen molar-refractivity contribution >= 4 is 0 Å². The summed E-state index contributed by atoms with van der Waals surface area (Å²) in [5.41, 5.74) is 8.63. The van der Waals surface area contributed by atoms with E-state index in [1.165, 1.54) is 0 Å². The fourth-order valence-corrected chi connectivity index (χ4v) is 0.888. The molecule has 0 atom stereocenters. The molecule has 0 aromatic rings. The summed E-state index contributed by atoms with van der Waals surface area (Å²) >= 11 is 0. The Morgan fingerprint density at radius 3 is 3.44 bits per heavy atom. The van der Waals surface area contributed by atoms with Crippen LogP contribution in [0.15, 0.2) is 24.0 Å². The molecule has 3 N–H and O–H groups in total. The highest BCUT2D eigenvalue weighted by Gasteiger charge is 2.14. The fourth-order valence-electron chi connectivity index (χ4n) is 0.888. The van der Waals surface area contributed by atoms with Gasteiger partial charge in [-0.15, -0.1) is 5.53 Å². The van der Waals surface area contributed by atoms with Gasteiger partial charge < -0.3 is 0 Å². The summed E-state index contributed by atoms with van der Waals surface area (Å²) in [6, 6.07) is 0. The minimum absolute atomic E-state index is 0.909. The van der Waals surface area contributed by atoms with Gasteiger partial charge in [0.2, 0.25) is 0 Å². The van der Waals surface area contributed by atoms with Crippen LogP contribution in [0.5, 0.6) is 0 Å². The standard InChI is InChI=1S/C5H8N4/c1-2-4-9-5(3-1)6-7-8-9/h1-3,6-8H,4H2. The minimum Gasteiger partial charge on any atom is -0.291 e. The Balaban J connectivity index is 2.23. The third-order valence-corrected chi connectivity index (χ3v) is 1.35. The van der Waals surface area contributed by atoms with Crippen molar-refractivity contribution in [3.05, 3.63) is 24.0 Å². The number of hydrazine groups is 3. The van der Waals surface area contributed by atoms with Gasteiger partial charge in [-0.1, -0.05) is 12.2 Å². The molecule has 0 aromatic heterocycles. The van der Waals surface area contributed by atoms with Gasteiger partial charge in [-0.2, -0.15) is 5.53 Å². The topological polar surface area (TPSA) is 39.3 Å². The first-order chi connectivity index (χ1) is 4.47. The zero-order valence-corrected chi connectivity index (χ0v) is 4.89. The first-order valence-electron chi connectivity index (χ1n) is 2.88. The highest BCUT2D eigenvalue weighted by molar-refractivity contribution is 5.16. The summed E-state index contributed by atoms with van der Waals surface area (Å²) in [5.74, 6) is 1.07. The monoisotopic (exact) mass is 124 g/mol. The van der Waals surface area contributed by atoms with Gasteiger partial charge in [0.05, 0.1) is 6.54 Å². The fraction of sp³-hybridized carbons (Fsp3) is 0.200. The Morgan fingerprint density at radius 2 is 2.56 bits per heavy atom. The van der Waals surface area contributed by atoms with E-state index in [0.29, 0.717) is 0 Å². The van der Waals surface area contributed by atoms with Crippen molar-refractivity contribution in [2.45, 2.75) is 0 Å². The SMILES string of the molecule is C1=CCN2NNNC2=C1. The normalized spacial score (nSPS) is 23.1. The lowest BCUT2D eigenvalue weighted by atomic mass is 10.4. The Kier molecular flexibility index (Phi) is 0.941. The molecule has 2 heterocycles. The molecule has 4 nitrogen and oxygen atoms in total.